The molecular weight excluding hydrogens is 144 g/mol. The lowest BCUT2D eigenvalue weighted by atomic mass is 9.86. The summed E-state index contributed by atoms with van der Waals surface area (Å²) in [6.07, 6.45) is 14.5. The van der Waals surface area contributed by atoms with Gasteiger partial charge in [0.1, 0.15) is 0 Å². The quantitative estimate of drug-likeness (QED) is 0.516. The summed E-state index contributed by atoms with van der Waals surface area (Å²) in [5, 5.41) is 0. The predicted octanol–water partition coefficient (Wildman–Crippen LogP) is 3.31. The fraction of sp³-hybridized carbons (Fsp3) is 0.667. The van der Waals surface area contributed by atoms with E-state index in [-0.39, 0.29) is 0 Å². The van der Waals surface area contributed by atoms with Crippen molar-refractivity contribution in [2.75, 3.05) is 0 Å². The average Bonchev–Trinajstić information content (AvgIpc) is 2.81. The minimum atomic E-state index is 0.930. The molecule has 12 heavy (non-hydrogen) atoms. The molecule has 3 rings (SSSR count). The van der Waals surface area contributed by atoms with Crippen LogP contribution < -0.4 is 0 Å². The van der Waals surface area contributed by atoms with Gasteiger partial charge < -0.3 is 0 Å². The van der Waals surface area contributed by atoms with E-state index < -0.39 is 0 Å². The van der Waals surface area contributed by atoms with Gasteiger partial charge in [0.05, 0.1) is 0 Å². The van der Waals surface area contributed by atoms with Gasteiger partial charge in [-0.1, -0.05) is 23.8 Å². The van der Waals surface area contributed by atoms with E-state index in [4.69, 9.17) is 0 Å². The van der Waals surface area contributed by atoms with Crippen LogP contribution in [-0.4, -0.2) is 0 Å². The van der Waals surface area contributed by atoms with Crippen LogP contribution in [0.1, 0.15) is 32.1 Å². The molecule has 0 N–H and O–H groups in total. The van der Waals surface area contributed by atoms with Gasteiger partial charge in [-0.05, 0) is 49.9 Å². The summed E-state index contributed by atoms with van der Waals surface area (Å²) < 4.78 is 0. The summed E-state index contributed by atoms with van der Waals surface area (Å²) in [6.45, 7) is 0. The van der Waals surface area contributed by atoms with Crippen molar-refractivity contribution in [3.8, 4) is 0 Å². The zero-order chi connectivity index (χ0) is 7.97. The highest BCUT2D eigenvalue weighted by atomic mass is 14.4. The molecule has 3 aliphatic rings. The number of fused-ring (bicyclic) bond motifs is 2. The molecule has 3 atom stereocenters. The van der Waals surface area contributed by atoms with Crippen molar-refractivity contribution in [2.24, 2.45) is 17.8 Å². The molecule has 1 saturated carbocycles. The first-order chi connectivity index (χ1) is 5.93. The first kappa shape index (κ1) is 6.94. The Morgan fingerprint density at radius 3 is 2.75 bits per heavy atom. The third-order valence-electron chi connectivity index (χ3n) is 3.83. The van der Waals surface area contributed by atoms with Crippen molar-refractivity contribution in [3.05, 3.63) is 23.8 Å². The van der Waals surface area contributed by atoms with Crippen molar-refractivity contribution in [1.82, 2.24) is 0 Å². The second-order valence-corrected chi connectivity index (χ2v) is 4.56. The molecule has 64 valence electrons. The number of hydrogen-bond donors (Lipinski definition) is 0. The van der Waals surface area contributed by atoms with Gasteiger partial charge in [-0.2, -0.15) is 0 Å². The van der Waals surface area contributed by atoms with Crippen LogP contribution in [0.4, 0.5) is 0 Å². The van der Waals surface area contributed by atoms with E-state index in [2.05, 4.69) is 18.2 Å². The van der Waals surface area contributed by atoms with Crippen molar-refractivity contribution in [3.63, 3.8) is 0 Å². The van der Waals surface area contributed by atoms with Crippen molar-refractivity contribution in [1.29, 1.82) is 0 Å². The lowest BCUT2D eigenvalue weighted by molar-refractivity contribution is 0.508. The summed E-state index contributed by atoms with van der Waals surface area (Å²) in [5.41, 5.74) is 1.80. The van der Waals surface area contributed by atoms with Gasteiger partial charge in [-0.3, -0.25) is 0 Å². The lowest BCUT2D eigenvalue weighted by Gasteiger charge is -2.19. The SMILES string of the molecule is C1=CC2CC1CC2C1=CCCC1. The van der Waals surface area contributed by atoms with Gasteiger partial charge >= 0.3 is 0 Å². The third-order valence-corrected chi connectivity index (χ3v) is 3.83. The molecular formula is C12H16. The zero-order valence-corrected chi connectivity index (χ0v) is 7.50. The molecule has 0 nitrogen and oxygen atoms in total. The average molecular weight is 160 g/mol. The molecule has 0 aromatic carbocycles. The Balaban J connectivity index is 1.82. The Kier molecular flexibility index (Phi) is 1.44. The molecule has 0 aromatic rings. The van der Waals surface area contributed by atoms with E-state index in [1.54, 1.807) is 5.57 Å². The van der Waals surface area contributed by atoms with Gasteiger partial charge in [0.15, 0.2) is 0 Å². The molecule has 0 radical (unpaired) electrons. The van der Waals surface area contributed by atoms with E-state index >= 15 is 0 Å². The highest BCUT2D eigenvalue weighted by molar-refractivity contribution is 5.22. The number of rotatable bonds is 1. The first-order valence-electron chi connectivity index (χ1n) is 5.31. The van der Waals surface area contributed by atoms with Crippen LogP contribution in [-0.2, 0) is 0 Å². The molecule has 0 spiro atoms. The van der Waals surface area contributed by atoms with Crippen LogP contribution >= 0.6 is 0 Å². The molecule has 2 bridgehead atoms. The van der Waals surface area contributed by atoms with Gasteiger partial charge in [0.25, 0.3) is 0 Å². The monoisotopic (exact) mass is 160 g/mol. The van der Waals surface area contributed by atoms with Crippen molar-refractivity contribution < 1.29 is 0 Å². The highest BCUT2D eigenvalue weighted by Crippen LogP contribution is 2.48. The molecule has 3 aliphatic carbocycles. The fourth-order valence-electron chi connectivity index (χ4n) is 3.24. The summed E-state index contributed by atoms with van der Waals surface area (Å²) in [5.74, 6) is 2.84. The van der Waals surface area contributed by atoms with Crippen LogP contribution in [0.2, 0.25) is 0 Å². The van der Waals surface area contributed by atoms with E-state index in [9.17, 15) is 0 Å². The Morgan fingerprint density at radius 2 is 2.17 bits per heavy atom. The van der Waals surface area contributed by atoms with Crippen LogP contribution in [0.15, 0.2) is 23.8 Å². The number of allylic oxidation sites excluding steroid dienone is 4. The van der Waals surface area contributed by atoms with Crippen LogP contribution in [0.25, 0.3) is 0 Å². The van der Waals surface area contributed by atoms with Crippen molar-refractivity contribution in [2.45, 2.75) is 32.1 Å². The predicted molar refractivity (Wildman–Crippen MR) is 50.8 cm³/mol. The molecule has 3 unspecified atom stereocenters. The van der Waals surface area contributed by atoms with E-state index in [1.807, 2.05) is 0 Å². The molecule has 0 aromatic heterocycles. The van der Waals surface area contributed by atoms with Crippen LogP contribution in [0, 0.1) is 17.8 Å². The smallest absolute Gasteiger partial charge is 0.0134 e. The van der Waals surface area contributed by atoms with Gasteiger partial charge in [0.2, 0.25) is 0 Å². The molecule has 0 amide bonds. The molecule has 0 saturated heterocycles. The summed E-state index contributed by atoms with van der Waals surface area (Å²) in [7, 11) is 0. The summed E-state index contributed by atoms with van der Waals surface area (Å²) in [6, 6.07) is 0. The topological polar surface area (TPSA) is 0 Å². The van der Waals surface area contributed by atoms with Crippen LogP contribution in [0.5, 0.6) is 0 Å². The maximum atomic E-state index is 2.51. The minimum absolute atomic E-state index is 0.930. The fourth-order valence-corrected chi connectivity index (χ4v) is 3.24. The molecule has 0 heteroatoms. The lowest BCUT2D eigenvalue weighted by Crippen LogP contribution is -2.08. The number of hydrogen-bond acceptors (Lipinski definition) is 0. The second-order valence-electron chi connectivity index (χ2n) is 4.56. The van der Waals surface area contributed by atoms with E-state index in [1.165, 1.54) is 32.1 Å². The molecule has 0 aliphatic heterocycles. The molecule has 1 fully saturated rings. The van der Waals surface area contributed by atoms with Gasteiger partial charge in [-0.15, -0.1) is 0 Å². The van der Waals surface area contributed by atoms with Gasteiger partial charge in [0, 0.05) is 0 Å². The molecule has 0 heterocycles. The second kappa shape index (κ2) is 2.48. The van der Waals surface area contributed by atoms with Crippen molar-refractivity contribution >= 4 is 0 Å². The Morgan fingerprint density at radius 1 is 1.17 bits per heavy atom. The maximum Gasteiger partial charge on any atom is -0.0134 e. The Labute approximate surface area is 74.4 Å². The van der Waals surface area contributed by atoms with E-state index in [0.29, 0.717) is 0 Å². The highest BCUT2D eigenvalue weighted by Gasteiger charge is 2.37. The zero-order valence-electron chi connectivity index (χ0n) is 7.50. The normalized spacial score (nSPS) is 44.0. The third kappa shape index (κ3) is 0.903. The Hall–Kier alpha value is -0.520. The summed E-state index contributed by atoms with van der Waals surface area (Å²) in [4.78, 5) is 0. The van der Waals surface area contributed by atoms with E-state index in [0.717, 1.165) is 17.8 Å². The van der Waals surface area contributed by atoms with Crippen LogP contribution in [0.3, 0.4) is 0 Å². The minimum Gasteiger partial charge on any atom is -0.0851 e. The Bertz CT molecular complexity index is 247. The standard InChI is InChI=1S/C12H16/c1-2-4-10(3-1)12-8-9-5-6-11(12)7-9/h3,5-6,9,11-12H,1-2,4,7-8H2. The first-order valence-corrected chi connectivity index (χ1v) is 5.31. The van der Waals surface area contributed by atoms with Gasteiger partial charge in [-0.25, -0.2) is 0 Å². The summed E-state index contributed by atoms with van der Waals surface area (Å²) >= 11 is 0. The maximum absolute atomic E-state index is 2.51. The largest absolute Gasteiger partial charge is 0.0851 e.